The second-order valence-electron chi connectivity index (χ2n) is 2.91. The number of nitrogens with zero attached hydrogens (tertiary/aromatic N) is 2. The van der Waals surface area contributed by atoms with Gasteiger partial charge in [-0.1, -0.05) is 47.7 Å². The molecule has 82 valence electrons. The number of thiocarbonyl (C=S) groups is 1. The minimum absolute atomic E-state index is 0.245. The molecule has 1 aromatic rings. The molecular weight excluding hydrogens is 266 g/mol. The lowest BCUT2D eigenvalue weighted by atomic mass is 10.3. The van der Waals surface area contributed by atoms with Crippen LogP contribution in [0.25, 0.3) is 0 Å². The molecule has 0 spiro atoms. The van der Waals surface area contributed by atoms with Crippen LogP contribution in [0.5, 0.6) is 0 Å². The fraction of sp³-hybridized carbons (Fsp3) is 0.111. The molecule has 16 heavy (non-hydrogen) atoms. The van der Waals surface area contributed by atoms with Gasteiger partial charge in [-0.3, -0.25) is 4.79 Å². The van der Waals surface area contributed by atoms with Crippen LogP contribution in [0.1, 0.15) is 0 Å². The molecule has 1 saturated heterocycles. The van der Waals surface area contributed by atoms with E-state index in [-0.39, 0.29) is 5.91 Å². The maximum absolute atomic E-state index is 11.3. The molecule has 0 aliphatic carbocycles. The first-order valence-electron chi connectivity index (χ1n) is 4.33. The number of azo groups is 1. The average molecular weight is 272 g/mol. The quantitative estimate of drug-likeness (QED) is 0.665. The highest BCUT2D eigenvalue weighted by Gasteiger charge is 2.28. The van der Waals surface area contributed by atoms with Gasteiger partial charge in [-0.2, -0.15) is 10.2 Å². The maximum atomic E-state index is 11.3. The van der Waals surface area contributed by atoms with E-state index in [4.69, 9.17) is 23.8 Å². The molecule has 1 atom stereocenters. The zero-order valence-corrected chi connectivity index (χ0v) is 10.3. The van der Waals surface area contributed by atoms with E-state index in [0.29, 0.717) is 15.0 Å². The lowest BCUT2D eigenvalue weighted by Gasteiger charge is -1.97. The van der Waals surface area contributed by atoms with Gasteiger partial charge in [-0.25, -0.2) is 0 Å². The zero-order valence-electron chi connectivity index (χ0n) is 7.88. The monoisotopic (exact) mass is 271 g/mol. The van der Waals surface area contributed by atoms with Gasteiger partial charge < -0.3 is 5.32 Å². The predicted octanol–water partition coefficient (Wildman–Crippen LogP) is 2.90. The van der Waals surface area contributed by atoms with Crippen molar-refractivity contribution in [3.05, 3.63) is 29.3 Å². The third kappa shape index (κ3) is 2.58. The Morgan fingerprint density at radius 3 is 2.81 bits per heavy atom. The number of rotatable bonds is 2. The molecule has 1 aliphatic heterocycles. The summed E-state index contributed by atoms with van der Waals surface area (Å²) < 4.78 is 0.424. The molecule has 1 aliphatic rings. The van der Waals surface area contributed by atoms with Gasteiger partial charge in [0.05, 0.1) is 5.02 Å². The van der Waals surface area contributed by atoms with Crippen LogP contribution in [0.2, 0.25) is 5.02 Å². The number of carbonyl (C=O) groups is 1. The van der Waals surface area contributed by atoms with E-state index in [1.807, 2.05) is 0 Å². The van der Waals surface area contributed by atoms with Crippen LogP contribution in [0.4, 0.5) is 5.69 Å². The molecule has 1 N–H and O–H groups in total. The highest BCUT2D eigenvalue weighted by Crippen LogP contribution is 2.27. The van der Waals surface area contributed by atoms with Gasteiger partial charge in [-0.15, -0.1) is 0 Å². The van der Waals surface area contributed by atoms with Crippen molar-refractivity contribution in [1.29, 1.82) is 0 Å². The maximum Gasteiger partial charge on any atom is 0.262 e. The van der Waals surface area contributed by atoms with Crippen LogP contribution in [0.15, 0.2) is 34.5 Å². The smallest absolute Gasteiger partial charge is 0.262 e. The molecule has 4 nitrogen and oxygen atoms in total. The average Bonchev–Trinajstić information content (AvgIpc) is 2.56. The highest BCUT2D eigenvalue weighted by atomic mass is 35.5. The molecular formula is C9H6ClN3OS2. The third-order valence-electron chi connectivity index (χ3n) is 1.79. The van der Waals surface area contributed by atoms with Crippen LogP contribution in [0, 0.1) is 0 Å². The highest BCUT2D eigenvalue weighted by molar-refractivity contribution is 8.24. The fourth-order valence-corrected chi connectivity index (χ4v) is 2.24. The molecule has 1 amide bonds. The summed E-state index contributed by atoms with van der Waals surface area (Å²) in [5, 5.41) is 10.2. The second-order valence-corrected chi connectivity index (χ2v) is 5.08. The summed E-state index contributed by atoms with van der Waals surface area (Å²) in [5.74, 6) is -0.245. The Morgan fingerprint density at radius 1 is 1.44 bits per heavy atom. The Morgan fingerprint density at radius 2 is 2.19 bits per heavy atom. The van der Waals surface area contributed by atoms with Crippen molar-refractivity contribution in [3.8, 4) is 0 Å². The molecule has 0 bridgehead atoms. The third-order valence-corrected chi connectivity index (χ3v) is 3.35. The Bertz CT molecular complexity index is 478. The summed E-state index contributed by atoms with van der Waals surface area (Å²) >= 11 is 11.9. The molecule has 1 fully saturated rings. The minimum atomic E-state index is -0.608. The number of halogens is 1. The van der Waals surface area contributed by atoms with Crippen LogP contribution in [-0.2, 0) is 4.79 Å². The van der Waals surface area contributed by atoms with Gasteiger partial charge in [0.2, 0.25) is 5.37 Å². The molecule has 1 heterocycles. The first-order chi connectivity index (χ1) is 7.66. The van der Waals surface area contributed by atoms with Gasteiger partial charge in [0.15, 0.2) is 0 Å². The van der Waals surface area contributed by atoms with Crippen LogP contribution in [0.3, 0.4) is 0 Å². The van der Waals surface area contributed by atoms with Crippen molar-refractivity contribution < 1.29 is 4.79 Å². The van der Waals surface area contributed by atoms with Crippen molar-refractivity contribution >= 4 is 51.5 Å². The Hall–Kier alpha value is -0.980. The number of amides is 1. The summed E-state index contributed by atoms with van der Waals surface area (Å²) in [7, 11) is 0. The Kier molecular flexibility index (Phi) is 3.52. The van der Waals surface area contributed by atoms with Crippen molar-refractivity contribution in [2.45, 2.75) is 5.37 Å². The van der Waals surface area contributed by atoms with Crippen LogP contribution >= 0.6 is 35.6 Å². The standard InChI is InChI=1S/C9H6ClN3OS2/c10-5-3-1-2-4-6(5)12-13-8-7(14)11-9(15)16-8/h1-4,8H,(H,11,14,15). The van der Waals surface area contributed by atoms with Crippen molar-refractivity contribution in [1.82, 2.24) is 5.32 Å². The second kappa shape index (κ2) is 4.90. The van der Waals surface area contributed by atoms with E-state index in [1.54, 1.807) is 24.3 Å². The number of thioether (sulfide) groups is 1. The Labute approximate surface area is 106 Å². The number of carbonyl (C=O) groups excluding carboxylic acids is 1. The van der Waals surface area contributed by atoms with E-state index in [0.717, 1.165) is 0 Å². The lowest BCUT2D eigenvalue weighted by molar-refractivity contribution is -0.118. The fourth-order valence-electron chi connectivity index (χ4n) is 1.07. The molecule has 0 aromatic heterocycles. The van der Waals surface area contributed by atoms with E-state index < -0.39 is 5.37 Å². The predicted molar refractivity (Wildman–Crippen MR) is 68.1 cm³/mol. The first kappa shape index (κ1) is 11.5. The normalized spacial score (nSPS) is 20.4. The van der Waals surface area contributed by atoms with Crippen molar-refractivity contribution in [2.24, 2.45) is 10.2 Å². The van der Waals surface area contributed by atoms with Gasteiger partial charge >= 0.3 is 0 Å². The van der Waals surface area contributed by atoms with E-state index in [2.05, 4.69) is 15.5 Å². The molecule has 1 aromatic carbocycles. The molecule has 2 rings (SSSR count). The molecule has 0 radical (unpaired) electrons. The summed E-state index contributed by atoms with van der Waals surface area (Å²) in [6.45, 7) is 0. The number of benzene rings is 1. The Balaban J connectivity index is 2.13. The molecule has 7 heteroatoms. The lowest BCUT2D eigenvalue weighted by Crippen LogP contribution is -2.22. The van der Waals surface area contributed by atoms with E-state index in [9.17, 15) is 4.79 Å². The topological polar surface area (TPSA) is 53.8 Å². The van der Waals surface area contributed by atoms with Gasteiger partial charge in [0.25, 0.3) is 5.91 Å². The number of hydrogen-bond acceptors (Lipinski definition) is 5. The summed E-state index contributed by atoms with van der Waals surface area (Å²) in [6, 6.07) is 7.03. The van der Waals surface area contributed by atoms with Gasteiger partial charge in [0.1, 0.15) is 10.0 Å². The van der Waals surface area contributed by atoms with Crippen molar-refractivity contribution in [3.63, 3.8) is 0 Å². The van der Waals surface area contributed by atoms with Gasteiger partial charge in [0, 0.05) is 0 Å². The molecule has 1 unspecified atom stereocenters. The largest absolute Gasteiger partial charge is 0.309 e. The van der Waals surface area contributed by atoms with E-state index in [1.165, 1.54) is 11.8 Å². The molecule has 0 saturated carbocycles. The first-order valence-corrected chi connectivity index (χ1v) is 6.00. The van der Waals surface area contributed by atoms with Crippen molar-refractivity contribution in [2.75, 3.05) is 0 Å². The minimum Gasteiger partial charge on any atom is -0.309 e. The van der Waals surface area contributed by atoms with E-state index >= 15 is 0 Å². The van der Waals surface area contributed by atoms with Gasteiger partial charge in [-0.05, 0) is 12.1 Å². The summed E-state index contributed by atoms with van der Waals surface area (Å²) in [6.07, 6.45) is 0. The number of hydrogen-bond donors (Lipinski definition) is 1. The zero-order chi connectivity index (χ0) is 11.5. The SMILES string of the molecule is O=C1NC(=S)SC1N=Nc1ccccc1Cl. The van der Waals surface area contributed by atoms with Crippen LogP contribution in [-0.4, -0.2) is 15.6 Å². The summed E-state index contributed by atoms with van der Waals surface area (Å²) in [5.41, 5.74) is 0.537. The van der Waals surface area contributed by atoms with Crippen LogP contribution < -0.4 is 5.32 Å². The number of nitrogens with one attached hydrogen (secondary N) is 1. The summed E-state index contributed by atoms with van der Waals surface area (Å²) in [4.78, 5) is 11.3.